The lowest BCUT2D eigenvalue weighted by Gasteiger charge is -2.63. The highest BCUT2D eigenvalue weighted by atomic mass is 16.8. The molecule has 10 heteroatoms. The number of carbonyl (C=O) groups excluding carboxylic acids is 4. The summed E-state index contributed by atoms with van der Waals surface area (Å²) >= 11 is 0. The van der Waals surface area contributed by atoms with Crippen LogP contribution in [0.4, 0.5) is 0 Å². The normalized spacial score (nSPS) is 59.7. The van der Waals surface area contributed by atoms with Crippen LogP contribution in [0.5, 0.6) is 0 Å². The number of aliphatic hydroxyl groups excluding tert-OH is 1. The Morgan fingerprint density at radius 1 is 1.05 bits per heavy atom. The van der Waals surface area contributed by atoms with Crippen molar-refractivity contribution in [2.45, 2.75) is 94.1 Å². The molecule has 0 unspecified atom stereocenters. The molecular formula is C28H32O10. The maximum Gasteiger partial charge on any atom is 0.342 e. The Bertz CT molecular complexity index is 1290. The number of ketones is 2. The maximum absolute atomic E-state index is 14.9. The summed E-state index contributed by atoms with van der Waals surface area (Å²) in [6.07, 6.45) is 1.42. The number of rotatable bonds is 0. The van der Waals surface area contributed by atoms with E-state index in [9.17, 15) is 29.4 Å². The molecule has 3 aliphatic carbocycles. The Morgan fingerprint density at radius 2 is 1.82 bits per heavy atom. The predicted molar refractivity (Wildman–Crippen MR) is 124 cm³/mol. The molecule has 0 aromatic heterocycles. The zero-order chi connectivity index (χ0) is 26.8. The number of Topliss-reactive ketones (excluding diaryl/α,β-unsaturated/α-hetero) is 2. The van der Waals surface area contributed by atoms with E-state index in [1.807, 2.05) is 19.9 Å². The van der Waals surface area contributed by atoms with E-state index in [4.69, 9.17) is 18.9 Å². The molecule has 0 radical (unpaired) electrons. The average Bonchev–Trinajstić information content (AvgIpc) is 3.16. The Morgan fingerprint density at radius 3 is 2.58 bits per heavy atom. The minimum Gasteiger partial charge on any atom is -0.458 e. The van der Waals surface area contributed by atoms with Gasteiger partial charge in [0.15, 0.2) is 22.6 Å². The SMILES string of the molecule is C[C@]12C(=O)C[C@@H](O)CC1=CC[C@@H]1[C@@H]2CC[C@@]2(O)C(=O)O[C@@]3(C)[C@H]4C[C@]5(C)[C@@H](CO[C@@]16O[C@]23[C@H]5C6=O)C(=O)O4. The molecule has 2 N–H and O–H groups in total. The molecule has 5 saturated heterocycles. The number of hydrogen-bond acceptors (Lipinski definition) is 10. The first-order valence-electron chi connectivity index (χ1n) is 13.8. The fourth-order valence-corrected chi connectivity index (χ4v) is 10.3. The summed E-state index contributed by atoms with van der Waals surface area (Å²) in [6, 6.07) is 0. The van der Waals surface area contributed by atoms with E-state index in [0.717, 1.165) is 5.57 Å². The molecule has 0 aromatic carbocycles. The minimum atomic E-state index is -2.21. The summed E-state index contributed by atoms with van der Waals surface area (Å²) in [5.41, 5.74) is -6.81. The molecule has 5 heterocycles. The number of ether oxygens (including phenoxy) is 4. The molecule has 38 heavy (non-hydrogen) atoms. The molecule has 5 aliphatic heterocycles. The van der Waals surface area contributed by atoms with Gasteiger partial charge in [-0.15, -0.1) is 0 Å². The van der Waals surface area contributed by atoms with Crippen molar-refractivity contribution in [2.24, 2.45) is 34.5 Å². The van der Waals surface area contributed by atoms with Gasteiger partial charge in [-0.3, -0.25) is 14.4 Å². The topological polar surface area (TPSA) is 146 Å². The van der Waals surface area contributed by atoms with Gasteiger partial charge in [-0.1, -0.05) is 18.6 Å². The number of aliphatic hydroxyl groups is 2. The van der Waals surface area contributed by atoms with Crippen molar-refractivity contribution in [3.05, 3.63) is 11.6 Å². The number of allylic oxidation sites excluding steroid dienone is 1. The van der Waals surface area contributed by atoms with Gasteiger partial charge in [-0.2, -0.15) is 0 Å². The van der Waals surface area contributed by atoms with Crippen LogP contribution in [-0.4, -0.2) is 75.1 Å². The van der Waals surface area contributed by atoms with E-state index in [-0.39, 0.29) is 43.9 Å². The molecule has 2 saturated carbocycles. The Kier molecular flexibility index (Phi) is 4.01. The van der Waals surface area contributed by atoms with Crippen molar-refractivity contribution in [3.8, 4) is 0 Å². The van der Waals surface area contributed by atoms with Crippen LogP contribution >= 0.6 is 0 Å². The molecule has 12 atom stereocenters. The summed E-state index contributed by atoms with van der Waals surface area (Å²) in [4.78, 5) is 55.4. The smallest absolute Gasteiger partial charge is 0.342 e. The second-order valence-electron chi connectivity index (χ2n) is 13.6. The highest BCUT2D eigenvalue weighted by Gasteiger charge is 2.93. The second-order valence-corrected chi connectivity index (χ2v) is 13.6. The number of hydrogen-bond donors (Lipinski definition) is 2. The number of esters is 2. The lowest BCUT2D eigenvalue weighted by molar-refractivity contribution is -0.374. The highest BCUT2D eigenvalue weighted by Crippen LogP contribution is 2.75. The first-order chi connectivity index (χ1) is 17.8. The van der Waals surface area contributed by atoms with Gasteiger partial charge in [0.25, 0.3) is 0 Å². The lowest BCUT2D eigenvalue weighted by Crippen LogP contribution is -2.79. The van der Waals surface area contributed by atoms with E-state index >= 15 is 0 Å². The minimum absolute atomic E-state index is 0.00959. The van der Waals surface area contributed by atoms with Crippen LogP contribution in [0.1, 0.15) is 59.3 Å². The third kappa shape index (κ3) is 2.07. The van der Waals surface area contributed by atoms with Crippen molar-refractivity contribution < 1.29 is 48.3 Å². The molecule has 0 amide bonds. The zero-order valence-corrected chi connectivity index (χ0v) is 21.7. The monoisotopic (exact) mass is 528 g/mol. The molecular weight excluding hydrogens is 496 g/mol. The quantitative estimate of drug-likeness (QED) is 0.341. The van der Waals surface area contributed by atoms with Gasteiger partial charge in [-0.05, 0) is 57.3 Å². The third-order valence-electron chi connectivity index (χ3n) is 12.3. The Balaban J connectivity index is 1.41. The van der Waals surface area contributed by atoms with Crippen molar-refractivity contribution in [3.63, 3.8) is 0 Å². The first kappa shape index (κ1) is 23.7. The second kappa shape index (κ2) is 6.43. The van der Waals surface area contributed by atoms with Crippen LogP contribution in [0.2, 0.25) is 0 Å². The predicted octanol–water partition coefficient (Wildman–Crippen LogP) is 0.752. The van der Waals surface area contributed by atoms with Gasteiger partial charge in [0.1, 0.15) is 11.9 Å². The summed E-state index contributed by atoms with van der Waals surface area (Å²) in [5.74, 6) is -6.74. The molecule has 5 bridgehead atoms. The molecule has 8 aliphatic rings. The van der Waals surface area contributed by atoms with E-state index in [2.05, 4.69) is 0 Å². The molecule has 10 nitrogen and oxygen atoms in total. The van der Waals surface area contributed by atoms with Gasteiger partial charge in [0.05, 0.1) is 30.0 Å². The van der Waals surface area contributed by atoms with Crippen LogP contribution in [0, 0.1) is 34.5 Å². The van der Waals surface area contributed by atoms with E-state index in [1.165, 1.54) is 0 Å². The largest absolute Gasteiger partial charge is 0.458 e. The summed E-state index contributed by atoms with van der Waals surface area (Å²) < 4.78 is 25.1. The Hall–Kier alpha value is -2.14. The molecule has 0 aromatic rings. The summed E-state index contributed by atoms with van der Waals surface area (Å²) in [7, 11) is 0. The molecule has 204 valence electrons. The van der Waals surface area contributed by atoms with E-state index in [0.29, 0.717) is 12.8 Å². The molecule has 7 fully saturated rings. The van der Waals surface area contributed by atoms with Crippen LogP contribution in [0.25, 0.3) is 0 Å². The maximum atomic E-state index is 14.9. The first-order valence-corrected chi connectivity index (χ1v) is 13.8. The van der Waals surface area contributed by atoms with E-state index in [1.54, 1.807) is 6.92 Å². The van der Waals surface area contributed by atoms with E-state index < -0.39 is 81.2 Å². The third-order valence-corrected chi connectivity index (χ3v) is 12.3. The van der Waals surface area contributed by atoms with Crippen LogP contribution < -0.4 is 0 Å². The standard InChI is InChI=1S/C28H32O10/c1-23-10-18-25(3)28-19(23)20(31)27(38-28,35-11-16(23)21(32)36-18)15-5-4-12-8-13(29)9-17(30)24(12,2)14(15)6-7-26(28,34)22(33)37-25/h4,13-16,18-19,29,34H,5-11H2,1-3H3/t13-,14-,15+,16-,18+,19-,23+,24-,25-,26+,27+,28-/m0/s1. The van der Waals surface area contributed by atoms with Crippen molar-refractivity contribution in [1.82, 2.24) is 0 Å². The zero-order valence-electron chi connectivity index (χ0n) is 21.7. The number of carbonyl (C=O) groups is 4. The van der Waals surface area contributed by atoms with Crippen LogP contribution in [0.15, 0.2) is 11.6 Å². The molecule has 2 spiro atoms. The van der Waals surface area contributed by atoms with Gasteiger partial charge in [-0.25, -0.2) is 4.79 Å². The van der Waals surface area contributed by atoms with Crippen molar-refractivity contribution >= 4 is 23.5 Å². The summed E-state index contributed by atoms with van der Waals surface area (Å²) in [5, 5.41) is 22.8. The lowest BCUT2D eigenvalue weighted by atomic mass is 9.46. The summed E-state index contributed by atoms with van der Waals surface area (Å²) in [6.45, 7) is 5.18. The highest BCUT2D eigenvalue weighted by molar-refractivity contribution is 5.99. The van der Waals surface area contributed by atoms with Gasteiger partial charge < -0.3 is 29.2 Å². The van der Waals surface area contributed by atoms with Crippen molar-refractivity contribution in [1.29, 1.82) is 0 Å². The van der Waals surface area contributed by atoms with Gasteiger partial charge >= 0.3 is 11.9 Å². The Labute approximate surface area is 219 Å². The van der Waals surface area contributed by atoms with Crippen LogP contribution in [-0.2, 0) is 38.1 Å². The van der Waals surface area contributed by atoms with Crippen LogP contribution in [0.3, 0.4) is 0 Å². The van der Waals surface area contributed by atoms with Crippen molar-refractivity contribution in [2.75, 3.05) is 6.61 Å². The average molecular weight is 529 g/mol. The number of fused-ring (bicyclic) bond motifs is 5. The fraction of sp³-hybridized carbons (Fsp3) is 0.786. The van der Waals surface area contributed by atoms with Gasteiger partial charge in [0, 0.05) is 12.3 Å². The fourth-order valence-electron chi connectivity index (χ4n) is 10.3. The van der Waals surface area contributed by atoms with Gasteiger partial charge in [0.2, 0.25) is 5.79 Å². The molecule has 8 rings (SSSR count).